The number of nitrogens with zero attached hydrogens (tertiary/aromatic N) is 1. The number of likely N-dealkylation sites (tertiary alicyclic amines) is 1. The number of fused-ring (bicyclic) bond motifs is 1. The van der Waals surface area contributed by atoms with E-state index in [4.69, 9.17) is 9.47 Å². The maximum atomic E-state index is 13.9. The molecule has 3 N–H and O–H groups in total. The third-order valence-corrected chi connectivity index (χ3v) is 9.43. The van der Waals surface area contributed by atoms with Crippen molar-refractivity contribution in [2.24, 2.45) is 23.7 Å². The average molecular weight is 515 g/mol. The topological polar surface area (TPSA) is 91.3 Å². The van der Waals surface area contributed by atoms with Crippen LogP contribution in [0.15, 0.2) is 0 Å². The molecule has 7 nitrogen and oxygen atoms in total. The van der Waals surface area contributed by atoms with E-state index in [1.807, 2.05) is 4.90 Å². The summed E-state index contributed by atoms with van der Waals surface area (Å²) >= 11 is 0. The van der Waals surface area contributed by atoms with Crippen molar-refractivity contribution in [3.8, 4) is 0 Å². The number of amides is 1. The number of carbonyl (C=O) groups excluding carboxylic acids is 1. The molecule has 0 aromatic carbocycles. The highest BCUT2D eigenvalue weighted by molar-refractivity contribution is 5.80. The van der Waals surface area contributed by atoms with Gasteiger partial charge in [-0.25, -0.2) is 8.78 Å². The van der Waals surface area contributed by atoms with E-state index < -0.39 is 36.8 Å². The Kier molecular flexibility index (Phi) is 8.52. The largest absolute Gasteiger partial charge is 0.393 e. The van der Waals surface area contributed by atoms with Gasteiger partial charge in [0, 0.05) is 51.0 Å². The molecule has 0 radical (unpaired) electrons. The van der Waals surface area contributed by atoms with Crippen molar-refractivity contribution < 1.29 is 33.3 Å². The number of ether oxygens (including phenoxy) is 2. The molecular weight excluding hydrogens is 470 g/mol. The molecule has 5 fully saturated rings. The first-order chi connectivity index (χ1) is 17.3. The lowest BCUT2D eigenvalue weighted by atomic mass is 9.77. The molecule has 3 aliphatic carbocycles. The molecule has 1 amide bonds. The summed E-state index contributed by atoms with van der Waals surface area (Å²) in [6.45, 7) is 1.58. The van der Waals surface area contributed by atoms with Gasteiger partial charge in [-0.2, -0.15) is 0 Å². The van der Waals surface area contributed by atoms with Gasteiger partial charge in [0.1, 0.15) is 6.61 Å². The van der Waals surface area contributed by atoms with Crippen LogP contribution in [0.5, 0.6) is 0 Å². The molecule has 3 saturated carbocycles. The van der Waals surface area contributed by atoms with E-state index in [1.54, 1.807) is 0 Å². The fraction of sp³-hybridized carbons (Fsp3) is 0.963. The van der Waals surface area contributed by atoms with Gasteiger partial charge < -0.3 is 29.9 Å². The highest BCUT2D eigenvalue weighted by Gasteiger charge is 2.49. The third kappa shape index (κ3) is 6.22. The predicted octanol–water partition coefficient (Wildman–Crippen LogP) is 2.72. The molecule has 2 aliphatic heterocycles. The average Bonchev–Trinajstić information content (AvgIpc) is 3.28. The number of hydrogen-bond acceptors (Lipinski definition) is 6. The summed E-state index contributed by atoms with van der Waals surface area (Å²) in [5.41, 5.74) is 0. The Labute approximate surface area is 213 Å². The van der Waals surface area contributed by atoms with E-state index in [2.05, 4.69) is 5.32 Å². The molecule has 5 rings (SSSR count). The van der Waals surface area contributed by atoms with Gasteiger partial charge in [-0.3, -0.25) is 4.79 Å². The van der Waals surface area contributed by atoms with Crippen LogP contribution in [0.2, 0.25) is 0 Å². The standard InChI is InChI=1S/C27H44F2N2O5/c28-27(29)11-19(15-35-16-27)30-22-8-4-7-18-12-31(13-21(18)22)26(34)25-23(33)9-20(32)10-24(25)36-14-17-5-2-1-3-6-17/h17-25,30,32-33H,1-16H2. The monoisotopic (exact) mass is 514 g/mol. The van der Waals surface area contributed by atoms with E-state index in [0.717, 1.165) is 32.1 Å². The number of halogens is 2. The van der Waals surface area contributed by atoms with Gasteiger partial charge in [0.15, 0.2) is 0 Å². The Morgan fingerprint density at radius 2 is 1.86 bits per heavy atom. The maximum Gasteiger partial charge on any atom is 0.272 e. The Morgan fingerprint density at radius 1 is 1.06 bits per heavy atom. The SMILES string of the molecule is O=C(C1C(O)CC(O)CC1OCC1CCCCC1)N1CC2CCCC(NC3COCC(F)(F)C3)C2C1. The molecule has 36 heavy (non-hydrogen) atoms. The molecule has 2 saturated heterocycles. The lowest BCUT2D eigenvalue weighted by Crippen LogP contribution is -2.53. The summed E-state index contributed by atoms with van der Waals surface area (Å²) in [5.74, 6) is -2.50. The number of aliphatic hydroxyl groups excluding tert-OH is 2. The van der Waals surface area contributed by atoms with E-state index in [1.165, 1.54) is 19.3 Å². The summed E-state index contributed by atoms with van der Waals surface area (Å²) < 4.78 is 39.1. The van der Waals surface area contributed by atoms with Crippen LogP contribution < -0.4 is 5.32 Å². The van der Waals surface area contributed by atoms with E-state index >= 15 is 0 Å². The second-order valence-corrected chi connectivity index (χ2v) is 12.2. The first-order valence-corrected chi connectivity index (χ1v) is 14.3. The van der Waals surface area contributed by atoms with Crippen LogP contribution in [0.1, 0.15) is 70.6 Å². The Hall–Kier alpha value is -0.870. The van der Waals surface area contributed by atoms with Crippen LogP contribution >= 0.6 is 0 Å². The minimum atomic E-state index is -2.80. The maximum absolute atomic E-state index is 13.9. The van der Waals surface area contributed by atoms with Crippen LogP contribution in [-0.4, -0.2) is 90.2 Å². The minimum Gasteiger partial charge on any atom is -0.393 e. The summed E-state index contributed by atoms with van der Waals surface area (Å²) in [7, 11) is 0. The quantitative estimate of drug-likeness (QED) is 0.505. The minimum absolute atomic E-state index is 0.0799. The summed E-state index contributed by atoms with van der Waals surface area (Å²) in [5, 5.41) is 24.6. The van der Waals surface area contributed by atoms with Crippen molar-refractivity contribution in [2.45, 2.75) is 107 Å². The van der Waals surface area contributed by atoms with Gasteiger partial charge in [-0.05, 0) is 43.4 Å². The van der Waals surface area contributed by atoms with Crippen molar-refractivity contribution in [1.82, 2.24) is 10.2 Å². The van der Waals surface area contributed by atoms with Crippen molar-refractivity contribution in [3.63, 3.8) is 0 Å². The van der Waals surface area contributed by atoms with Gasteiger partial charge >= 0.3 is 0 Å². The molecular formula is C27H44F2N2O5. The lowest BCUT2D eigenvalue weighted by molar-refractivity contribution is -0.158. The molecule has 5 aliphatic rings. The third-order valence-electron chi connectivity index (χ3n) is 9.43. The van der Waals surface area contributed by atoms with E-state index in [9.17, 15) is 23.8 Å². The number of alkyl halides is 2. The van der Waals surface area contributed by atoms with E-state index in [-0.39, 0.29) is 36.8 Å². The van der Waals surface area contributed by atoms with Crippen LogP contribution in [0.3, 0.4) is 0 Å². The zero-order valence-corrected chi connectivity index (χ0v) is 21.3. The normalized spacial score (nSPS) is 41.7. The molecule has 0 spiro atoms. The predicted molar refractivity (Wildman–Crippen MR) is 130 cm³/mol. The number of rotatable bonds is 6. The Balaban J connectivity index is 1.21. The van der Waals surface area contributed by atoms with Crippen molar-refractivity contribution in [3.05, 3.63) is 0 Å². The molecule has 9 heteroatoms. The zero-order valence-electron chi connectivity index (χ0n) is 21.3. The van der Waals surface area contributed by atoms with Crippen molar-refractivity contribution in [1.29, 1.82) is 0 Å². The van der Waals surface area contributed by atoms with Gasteiger partial charge in [-0.15, -0.1) is 0 Å². The molecule has 8 atom stereocenters. The van der Waals surface area contributed by atoms with Crippen molar-refractivity contribution >= 4 is 5.91 Å². The molecule has 8 unspecified atom stereocenters. The molecule has 0 bridgehead atoms. The van der Waals surface area contributed by atoms with Gasteiger partial charge in [0.2, 0.25) is 5.91 Å². The summed E-state index contributed by atoms with van der Waals surface area (Å²) in [4.78, 5) is 15.6. The lowest BCUT2D eigenvalue weighted by Gasteiger charge is -2.39. The zero-order chi connectivity index (χ0) is 25.3. The fourth-order valence-corrected chi connectivity index (χ4v) is 7.60. The van der Waals surface area contributed by atoms with Crippen LogP contribution in [0, 0.1) is 23.7 Å². The Morgan fingerprint density at radius 3 is 2.64 bits per heavy atom. The van der Waals surface area contributed by atoms with Crippen LogP contribution in [-0.2, 0) is 14.3 Å². The molecule has 206 valence electrons. The molecule has 2 heterocycles. The Bertz CT molecular complexity index is 752. The van der Waals surface area contributed by atoms with Gasteiger partial charge in [0.05, 0.1) is 30.8 Å². The number of carbonyl (C=O) groups is 1. The second kappa shape index (κ2) is 11.5. The first-order valence-electron chi connectivity index (χ1n) is 14.3. The van der Waals surface area contributed by atoms with E-state index in [0.29, 0.717) is 44.6 Å². The highest BCUT2D eigenvalue weighted by atomic mass is 19.3. The molecule has 0 aromatic heterocycles. The number of nitrogens with one attached hydrogen (secondary N) is 1. The number of hydrogen-bond donors (Lipinski definition) is 3. The van der Waals surface area contributed by atoms with Gasteiger partial charge in [0.25, 0.3) is 5.92 Å². The first kappa shape index (κ1) is 26.7. The fourth-order valence-electron chi connectivity index (χ4n) is 7.60. The van der Waals surface area contributed by atoms with Crippen molar-refractivity contribution in [2.75, 3.05) is 32.9 Å². The summed E-state index contributed by atoms with van der Waals surface area (Å²) in [6, 6.07) is -0.290. The number of aliphatic hydroxyl groups is 2. The smallest absolute Gasteiger partial charge is 0.272 e. The summed E-state index contributed by atoms with van der Waals surface area (Å²) in [6.07, 6.45) is 7.22. The van der Waals surface area contributed by atoms with Crippen LogP contribution in [0.25, 0.3) is 0 Å². The van der Waals surface area contributed by atoms with Crippen LogP contribution in [0.4, 0.5) is 8.78 Å². The second-order valence-electron chi connectivity index (χ2n) is 12.2. The van der Waals surface area contributed by atoms with Gasteiger partial charge in [-0.1, -0.05) is 25.7 Å². The molecule has 0 aromatic rings. The highest BCUT2D eigenvalue weighted by Crippen LogP contribution is 2.40.